The molecular weight excluding hydrogens is 294 g/mol. The van der Waals surface area contributed by atoms with Crippen LogP contribution in [-0.4, -0.2) is 32.5 Å². The van der Waals surface area contributed by atoms with Crippen molar-refractivity contribution in [1.82, 2.24) is 15.6 Å². The SMILES string of the molecule is CC1NNC(C)C1S(=O)(=O)NCc1ccc2c(c1)OCO2. The van der Waals surface area contributed by atoms with Gasteiger partial charge in [-0.1, -0.05) is 6.07 Å². The van der Waals surface area contributed by atoms with Crippen LogP contribution in [0.1, 0.15) is 19.4 Å². The molecule has 1 aromatic carbocycles. The van der Waals surface area contributed by atoms with E-state index in [9.17, 15) is 8.42 Å². The number of rotatable bonds is 4. The highest BCUT2D eigenvalue weighted by Gasteiger charge is 2.39. The number of nitrogens with one attached hydrogen (secondary N) is 3. The van der Waals surface area contributed by atoms with Crippen LogP contribution in [0.25, 0.3) is 0 Å². The average molecular weight is 313 g/mol. The van der Waals surface area contributed by atoms with Gasteiger partial charge in [-0.15, -0.1) is 0 Å². The number of hydrazine groups is 1. The molecule has 0 radical (unpaired) electrons. The van der Waals surface area contributed by atoms with Crippen LogP contribution in [0.2, 0.25) is 0 Å². The zero-order chi connectivity index (χ0) is 15.0. The maximum Gasteiger partial charge on any atom is 0.231 e. The molecule has 2 unspecified atom stereocenters. The normalized spacial score (nSPS) is 28.0. The first-order valence-electron chi connectivity index (χ1n) is 6.85. The van der Waals surface area contributed by atoms with E-state index in [1.165, 1.54) is 0 Å². The fourth-order valence-electron chi connectivity index (χ4n) is 2.73. The molecule has 2 atom stereocenters. The molecule has 2 heterocycles. The predicted molar refractivity (Wildman–Crippen MR) is 77.3 cm³/mol. The second kappa shape index (κ2) is 5.45. The van der Waals surface area contributed by atoms with Crippen molar-refractivity contribution in [3.8, 4) is 11.5 Å². The second-order valence-electron chi connectivity index (χ2n) is 5.38. The third kappa shape index (κ3) is 2.84. The lowest BCUT2D eigenvalue weighted by atomic mass is 10.2. The Bertz CT molecular complexity index is 624. The Labute approximate surface area is 124 Å². The lowest BCUT2D eigenvalue weighted by molar-refractivity contribution is 0.174. The summed E-state index contributed by atoms with van der Waals surface area (Å²) in [5, 5.41) is -0.508. The summed E-state index contributed by atoms with van der Waals surface area (Å²) < 4.78 is 38.0. The molecule has 1 saturated heterocycles. The molecular formula is C13H19N3O4S. The number of benzene rings is 1. The molecule has 0 aliphatic carbocycles. The third-order valence-corrected chi connectivity index (χ3v) is 5.88. The summed E-state index contributed by atoms with van der Waals surface area (Å²) in [6, 6.07) is 5.12. The van der Waals surface area contributed by atoms with Gasteiger partial charge in [0.1, 0.15) is 5.25 Å². The van der Waals surface area contributed by atoms with E-state index in [0.717, 1.165) is 5.56 Å². The van der Waals surface area contributed by atoms with Crippen LogP contribution >= 0.6 is 0 Å². The minimum absolute atomic E-state index is 0.144. The molecule has 116 valence electrons. The second-order valence-corrected chi connectivity index (χ2v) is 7.31. The highest BCUT2D eigenvalue weighted by atomic mass is 32.2. The molecule has 0 saturated carbocycles. The van der Waals surface area contributed by atoms with Gasteiger partial charge in [0.2, 0.25) is 16.8 Å². The van der Waals surface area contributed by atoms with Crippen LogP contribution in [-0.2, 0) is 16.6 Å². The highest BCUT2D eigenvalue weighted by Crippen LogP contribution is 2.32. The lowest BCUT2D eigenvalue weighted by Gasteiger charge is -2.19. The standard InChI is InChI=1S/C13H19N3O4S/c1-8-13(9(2)16-15-8)21(17,18)14-6-10-3-4-11-12(5-10)20-7-19-11/h3-5,8-9,13-16H,6-7H2,1-2H3. The monoisotopic (exact) mass is 313 g/mol. The van der Waals surface area contributed by atoms with Crippen LogP contribution < -0.4 is 25.0 Å². The number of hydrogen-bond acceptors (Lipinski definition) is 6. The summed E-state index contributed by atoms with van der Waals surface area (Å²) in [4.78, 5) is 0. The molecule has 2 aliphatic heterocycles. The van der Waals surface area contributed by atoms with Crippen molar-refractivity contribution in [2.24, 2.45) is 0 Å². The maximum absolute atomic E-state index is 12.4. The van der Waals surface area contributed by atoms with E-state index in [2.05, 4.69) is 15.6 Å². The van der Waals surface area contributed by atoms with E-state index in [1.54, 1.807) is 12.1 Å². The van der Waals surface area contributed by atoms with Gasteiger partial charge in [-0.25, -0.2) is 13.1 Å². The molecule has 8 heteroatoms. The molecule has 0 aromatic heterocycles. The van der Waals surface area contributed by atoms with Gasteiger partial charge in [-0.2, -0.15) is 0 Å². The summed E-state index contributed by atoms with van der Waals surface area (Å²) in [6.07, 6.45) is 0. The molecule has 1 aromatic rings. The van der Waals surface area contributed by atoms with Gasteiger partial charge < -0.3 is 9.47 Å². The van der Waals surface area contributed by atoms with Gasteiger partial charge in [0.25, 0.3) is 0 Å². The van der Waals surface area contributed by atoms with Crippen LogP contribution in [0.15, 0.2) is 18.2 Å². The van der Waals surface area contributed by atoms with E-state index in [-0.39, 0.29) is 25.4 Å². The first kappa shape index (κ1) is 14.6. The Morgan fingerprint density at radius 3 is 2.57 bits per heavy atom. The molecule has 1 fully saturated rings. The van der Waals surface area contributed by atoms with Gasteiger partial charge in [0.05, 0.1) is 0 Å². The zero-order valence-corrected chi connectivity index (χ0v) is 12.7. The van der Waals surface area contributed by atoms with Crippen molar-refractivity contribution in [1.29, 1.82) is 0 Å². The van der Waals surface area contributed by atoms with Crippen LogP contribution in [0.3, 0.4) is 0 Å². The zero-order valence-electron chi connectivity index (χ0n) is 11.9. The highest BCUT2D eigenvalue weighted by molar-refractivity contribution is 7.90. The van der Waals surface area contributed by atoms with Crippen molar-refractivity contribution < 1.29 is 17.9 Å². The number of sulfonamides is 1. The van der Waals surface area contributed by atoms with E-state index in [1.807, 2.05) is 19.9 Å². The first-order valence-corrected chi connectivity index (χ1v) is 8.40. The minimum Gasteiger partial charge on any atom is -0.454 e. The van der Waals surface area contributed by atoms with E-state index < -0.39 is 15.3 Å². The van der Waals surface area contributed by atoms with Crippen molar-refractivity contribution in [3.63, 3.8) is 0 Å². The summed E-state index contributed by atoms with van der Waals surface area (Å²) >= 11 is 0. The largest absolute Gasteiger partial charge is 0.454 e. The van der Waals surface area contributed by atoms with Gasteiger partial charge in [0.15, 0.2) is 11.5 Å². The lowest BCUT2D eigenvalue weighted by Crippen LogP contribution is -2.44. The molecule has 3 rings (SSSR count). The Kier molecular flexibility index (Phi) is 3.78. The van der Waals surface area contributed by atoms with E-state index in [4.69, 9.17) is 9.47 Å². The summed E-state index contributed by atoms with van der Waals surface area (Å²) in [5.41, 5.74) is 6.74. The fraction of sp³-hybridized carbons (Fsp3) is 0.538. The van der Waals surface area contributed by atoms with Gasteiger partial charge in [0, 0.05) is 18.6 Å². The van der Waals surface area contributed by atoms with E-state index in [0.29, 0.717) is 11.5 Å². The predicted octanol–water partition coefficient (Wildman–Crippen LogP) is 0.0881. The van der Waals surface area contributed by atoms with Gasteiger partial charge in [-0.3, -0.25) is 10.9 Å². The van der Waals surface area contributed by atoms with E-state index >= 15 is 0 Å². The Morgan fingerprint density at radius 1 is 1.19 bits per heavy atom. The summed E-state index contributed by atoms with van der Waals surface area (Å²) in [5.74, 6) is 1.34. The molecule has 0 amide bonds. The quantitative estimate of drug-likeness (QED) is 0.730. The molecule has 0 spiro atoms. The maximum atomic E-state index is 12.4. The fourth-order valence-corrected chi connectivity index (χ4v) is 4.50. The van der Waals surface area contributed by atoms with Crippen molar-refractivity contribution >= 4 is 10.0 Å². The molecule has 7 nitrogen and oxygen atoms in total. The Hall–Kier alpha value is -1.35. The third-order valence-electron chi connectivity index (χ3n) is 3.80. The molecule has 2 aliphatic rings. The minimum atomic E-state index is -3.42. The molecule has 3 N–H and O–H groups in total. The Morgan fingerprint density at radius 2 is 1.86 bits per heavy atom. The number of hydrogen-bond donors (Lipinski definition) is 3. The first-order chi connectivity index (χ1) is 9.97. The van der Waals surface area contributed by atoms with Crippen LogP contribution in [0.4, 0.5) is 0 Å². The number of fused-ring (bicyclic) bond motifs is 1. The van der Waals surface area contributed by atoms with Gasteiger partial charge in [-0.05, 0) is 31.5 Å². The topological polar surface area (TPSA) is 88.7 Å². The molecule has 0 bridgehead atoms. The average Bonchev–Trinajstić information content (AvgIpc) is 3.02. The van der Waals surface area contributed by atoms with Crippen molar-refractivity contribution in [3.05, 3.63) is 23.8 Å². The van der Waals surface area contributed by atoms with Crippen LogP contribution in [0, 0.1) is 0 Å². The van der Waals surface area contributed by atoms with Crippen molar-refractivity contribution in [2.75, 3.05) is 6.79 Å². The van der Waals surface area contributed by atoms with Crippen LogP contribution in [0.5, 0.6) is 11.5 Å². The summed E-state index contributed by atoms with van der Waals surface area (Å²) in [6.45, 7) is 4.13. The smallest absolute Gasteiger partial charge is 0.231 e. The molecule has 21 heavy (non-hydrogen) atoms. The van der Waals surface area contributed by atoms with Crippen molar-refractivity contribution in [2.45, 2.75) is 37.7 Å². The Balaban J connectivity index is 1.69. The summed E-state index contributed by atoms with van der Waals surface area (Å²) in [7, 11) is -3.42. The number of ether oxygens (including phenoxy) is 2. The van der Waals surface area contributed by atoms with Gasteiger partial charge >= 0.3 is 0 Å².